The molecule has 2 N–H and O–H groups in total. The van der Waals surface area contributed by atoms with Crippen LogP contribution in [0.3, 0.4) is 0 Å². The molecule has 0 radical (unpaired) electrons. The third kappa shape index (κ3) is 2.68. The molecule has 1 aromatic carbocycles. The van der Waals surface area contributed by atoms with E-state index in [0.29, 0.717) is 12.8 Å². The van der Waals surface area contributed by atoms with Gasteiger partial charge in [0.05, 0.1) is 17.4 Å². The molecule has 1 aromatic rings. The van der Waals surface area contributed by atoms with Crippen molar-refractivity contribution in [3.05, 3.63) is 35.9 Å². The number of sulfonamides is 1. The van der Waals surface area contributed by atoms with Crippen LogP contribution in [0.4, 0.5) is 0 Å². The van der Waals surface area contributed by atoms with Gasteiger partial charge in [0.2, 0.25) is 10.0 Å². The second kappa shape index (κ2) is 4.40. The van der Waals surface area contributed by atoms with Crippen molar-refractivity contribution in [3.63, 3.8) is 0 Å². The highest BCUT2D eigenvalue weighted by Crippen LogP contribution is 2.30. The van der Waals surface area contributed by atoms with Crippen molar-refractivity contribution in [3.8, 4) is 0 Å². The lowest BCUT2D eigenvalue weighted by atomic mass is 9.94. The number of aliphatic hydroxyl groups is 1. The van der Waals surface area contributed by atoms with E-state index in [-0.39, 0.29) is 11.9 Å². The summed E-state index contributed by atoms with van der Waals surface area (Å²) in [6.45, 7) is 1.44. The van der Waals surface area contributed by atoms with Crippen LogP contribution in [0.25, 0.3) is 0 Å². The maximum absolute atomic E-state index is 11.9. The highest BCUT2D eigenvalue weighted by atomic mass is 32.2. The second-order valence-electron chi connectivity index (χ2n) is 4.70. The van der Waals surface area contributed by atoms with Crippen LogP contribution >= 0.6 is 0 Å². The second-order valence-corrected chi connectivity index (χ2v) is 6.66. The SMILES string of the molecule is CC(CO)(NS(=O)(=O)C1CC1)c1ccccc1. The lowest BCUT2D eigenvalue weighted by Crippen LogP contribution is -2.47. The van der Waals surface area contributed by atoms with E-state index in [9.17, 15) is 13.5 Å². The molecule has 5 heteroatoms. The van der Waals surface area contributed by atoms with Crippen LogP contribution in [0.15, 0.2) is 30.3 Å². The van der Waals surface area contributed by atoms with E-state index in [1.165, 1.54) is 0 Å². The minimum Gasteiger partial charge on any atom is -0.394 e. The van der Waals surface area contributed by atoms with E-state index >= 15 is 0 Å². The van der Waals surface area contributed by atoms with Gasteiger partial charge in [-0.05, 0) is 25.3 Å². The van der Waals surface area contributed by atoms with Crippen LogP contribution in [0, 0.1) is 0 Å². The summed E-state index contributed by atoms with van der Waals surface area (Å²) in [4.78, 5) is 0. The van der Waals surface area contributed by atoms with Crippen molar-refractivity contribution in [1.82, 2.24) is 4.72 Å². The van der Waals surface area contributed by atoms with E-state index in [1.807, 2.05) is 30.3 Å². The molecule has 2 rings (SSSR count). The van der Waals surface area contributed by atoms with Crippen molar-refractivity contribution in [1.29, 1.82) is 0 Å². The quantitative estimate of drug-likeness (QED) is 0.824. The van der Waals surface area contributed by atoms with Gasteiger partial charge in [-0.3, -0.25) is 0 Å². The van der Waals surface area contributed by atoms with Crippen LogP contribution < -0.4 is 4.72 Å². The van der Waals surface area contributed by atoms with Crippen molar-refractivity contribution >= 4 is 10.0 Å². The zero-order chi connectivity index (χ0) is 12.5. The predicted molar refractivity (Wildman–Crippen MR) is 66.0 cm³/mol. The molecule has 4 nitrogen and oxygen atoms in total. The molecular weight excluding hydrogens is 238 g/mol. The van der Waals surface area contributed by atoms with Gasteiger partial charge < -0.3 is 5.11 Å². The van der Waals surface area contributed by atoms with Gasteiger partial charge in [0.1, 0.15) is 0 Å². The summed E-state index contributed by atoms with van der Waals surface area (Å²) in [6.07, 6.45) is 1.43. The third-order valence-corrected chi connectivity index (χ3v) is 5.14. The van der Waals surface area contributed by atoms with Gasteiger partial charge >= 0.3 is 0 Å². The first-order valence-electron chi connectivity index (χ1n) is 5.67. The Labute approximate surface area is 102 Å². The molecule has 0 bridgehead atoms. The largest absolute Gasteiger partial charge is 0.394 e. The molecule has 0 amide bonds. The van der Waals surface area contributed by atoms with E-state index < -0.39 is 15.6 Å². The average molecular weight is 255 g/mol. The van der Waals surface area contributed by atoms with Crippen LogP contribution in [-0.4, -0.2) is 25.4 Å². The van der Waals surface area contributed by atoms with Gasteiger partial charge in [-0.15, -0.1) is 0 Å². The number of hydrogen-bond acceptors (Lipinski definition) is 3. The van der Waals surface area contributed by atoms with Gasteiger partial charge in [0.25, 0.3) is 0 Å². The van der Waals surface area contributed by atoms with Gasteiger partial charge in [-0.1, -0.05) is 30.3 Å². The van der Waals surface area contributed by atoms with Crippen molar-refractivity contribution in [2.75, 3.05) is 6.61 Å². The maximum atomic E-state index is 11.9. The molecule has 1 unspecified atom stereocenters. The molecule has 1 fully saturated rings. The summed E-state index contributed by atoms with van der Waals surface area (Å²) < 4.78 is 26.5. The zero-order valence-corrected chi connectivity index (χ0v) is 10.6. The summed E-state index contributed by atoms with van der Waals surface area (Å²) in [5.74, 6) is 0. The predicted octanol–water partition coefficient (Wildman–Crippen LogP) is 0.976. The van der Waals surface area contributed by atoms with E-state index in [1.54, 1.807) is 6.92 Å². The third-order valence-electron chi connectivity index (χ3n) is 3.06. The normalized spacial score (nSPS) is 19.9. The summed E-state index contributed by atoms with van der Waals surface area (Å²) in [6, 6.07) is 9.14. The highest BCUT2D eigenvalue weighted by Gasteiger charge is 2.40. The minimum atomic E-state index is -3.32. The lowest BCUT2D eigenvalue weighted by molar-refractivity contribution is 0.196. The lowest BCUT2D eigenvalue weighted by Gasteiger charge is -2.29. The Balaban J connectivity index is 2.26. The standard InChI is InChI=1S/C12H17NO3S/c1-12(9-14,10-5-3-2-4-6-10)13-17(15,16)11-7-8-11/h2-6,11,13-14H,7-9H2,1H3. The van der Waals surface area contributed by atoms with Crippen molar-refractivity contribution < 1.29 is 13.5 Å². The fourth-order valence-electron chi connectivity index (χ4n) is 1.76. The summed E-state index contributed by atoms with van der Waals surface area (Å²) >= 11 is 0. The molecule has 0 heterocycles. The molecule has 1 aliphatic rings. The highest BCUT2D eigenvalue weighted by molar-refractivity contribution is 7.90. The fourth-order valence-corrected chi connectivity index (χ4v) is 3.50. The Hall–Kier alpha value is -0.910. The number of hydrogen-bond donors (Lipinski definition) is 2. The molecule has 0 saturated heterocycles. The Bertz CT molecular complexity index is 482. The summed E-state index contributed by atoms with van der Waals surface area (Å²) in [5.41, 5.74) is -0.172. The first-order valence-corrected chi connectivity index (χ1v) is 7.22. The molecule has 0 aliphatic heterocycles. The van der Waals surface area contributed by atoms with E-state index in [2.05, 4.69) is 4.72 Å². The fraction of sp³-hybridized carbons (Fsp3) is 0.500. The summed E-state index contributed by atoms with van der Waals surface area (Å²) in [7, 11) is -3.32. The molecule has 0 aromatic heterocycles. The Kier molecular flexibility index (Phi) is 3.25. The van der Waals surface area contributed by atoms with E-state index in [4.69, 9.17) is 0 Å². The molecule has 1 atom stereocenters. The number of benzene rings is 1. The Morgan fingerprint density at radius 3 is 2.41 bits per heavy atom. The first-order chi connectivity index (χ1) is 7.98. The average Bonchev–Trinajstić information content (AvgIpc) is 3.13. The van der Waals surface area contributed by atoms with Gasteiger partial charge in [0, 0.05) is 0 Å². The van der Waals surface area contributed by atoms with Crippen LogP contribution in [-0.2, 0) is 15.6 Å². The first kappa shape index (κ1) is 12.5. The maximum Gasteiger partial charge on any atom is 0.215 e. The van der Waals surface area contributed by atoms with Crippen LogP contribution in [0.1, 0.15) is 25.3 Å². The number of nitrogens with one attached hydrogen (secondary N) is 1. The molecule has 17 heavy (non-hydrogen) atoms. The van der Waals surface area contributed by atoms with Crippen LogP contribution in [0.2, 0.25) is 0 Å². The number of aliphatic hydroxyl groups excluding tert-OH is 1. The molecule has 0 spiro atoms. The van der Waals surface area contributed by atoms with E-state index in [0.717, 1.165) is 5.56 Å². The smallest absolute Gasteiger partial charge is 0.215 e. The van der Waals surface area contributed by atoms with Crippen molar-refractivity contribution in [2.45, 2.75) is 30.6 Å². The van der Waals surface area contributed by atoms with Gasteiger partial charge in [-0.2, -0.15) is 0 Å². The monoisotopic (exact) mass is 255 g/mol. The van der Waals surface area contributed by atoms with Crippen LogP contribution in [0.5, 0.6) is 0 Å². The topological polar surface area (TPSA) is 66.4 Å². The Morgan fingerprint density at radius 1 is 1.35 bits per heavy atom. The Morgan fingerprint density at radius 2 is 1.94 bits per heavy atom. The summed E-state index contributed by atoms with van der Waals surface area (Å²) in [5, 5.41) is 9.20. The van der Waals surface area contributed by atoms with Gasteiger partial charge in [0.15, 0.2) is 0 Å². The minimum absolute atomic E-state index is 0.261. The zero-order valence-electron chi connectivity index (χ0n) is 9.76. The van der Waals surface area contributed by atoms with Crippen molar-refractivity contribution in [2.24, 2.45) is 0 Å². The van der Waals surface area contributed by atoms with Gasteiger partial charge in [-0.25, -0.2) is 13.1 Å². The molecule has 1 aliphatic carbocycles. The molecule has 1 saturated carbocycles. The number of rotatable bonds is 5. The molecule has 94 valence electrons. The molecular formula is C12H17NO3S.